The number of benzene rings is 1. The van der Waals surface area contributed by atoms with Gasteiger partial charge in [0.2, 0.25) is 5.91 Å². The summed E-state index contributed by atoms with van der Waals surface area (Å²) < 4.78 is 7.06. The zero-order valence-corrected chi connectivity index (χ0v) is 18.0. The van der Waals surface area contributed by atoms with Crippen molar-refractivity contribution in [2.75, 3.05) is 32.8 Å². The fraction of sp³-hybridized carbons (Fsp3) is 0.455. The lowest BCUT2D eigenvalue weighted by molar-refractivity contribution is -0.131. The third-order valence-electron chi connectivity index (χ3n) is 5.32. The fourth-order valence-electron chi connectivity index (χ4n) is 3.56. The van der Waals surface area contributed by atoms with Gasteiger partial charge in [0.1, 0.15) is 5.75 Å². The van der Waals surface area contributed by atoms with Gasteiger partial charge in [-0.25, -0.2) is 0 Å². The number of hydrogen-bond donors (Lipinski definition) is 2. The van der Waals surface area contributed by atoms with Gasteiger partial charge in [0.15, 0.2) is 0 Å². The largest absolute Gasteiger partial charge is 0.493 e. The summed E-state index contributed by atoms with van der Waals surface area (Å²) in [4.78, 5) is 38.8. The van der Waals surface area contributed by atoms with Gasteiger partial charge < -0.3 is 20.3 Å². The summed E-state index contributed by atoms with van der Waals surface area (Å²) in [6.07, 6.45) is 4.83. The van der Waals surface area contributed by atoms with Gasteiger partial charge in [-0.05, 0) is 37.8 Å². The van der Waals surface area contributed by atoms with Crippen molar-refractivity contribution in [1.82, 2.24) is 25.3 Å². The van der Waals surface area contributed by atoms with Crippen LogP contribution in [0.1, 0.15) is 40.5 Å². The van der Waals surface area contributed by atoms with Crippen molar-refractivity contribution in [1.29, 1.82) is 0 Å². The van der Waals surface area contributed by atoms with Gasteiger partial charge in [-0.15, -0.1) is 0 Å². The molecular formula is C22H29N5O4. The monoisotopic (exact) mass is 427 g/mol. The molecule has 0 aliphatic carbocycles. The number of para-hydroxylation sites is 1. The predicted molar refractivity (Wildman–Crippen MR) is 115 cm³/mol. The Morgan fingerprint density at radius 3 is 2.55 bits per heavy atom. The molecular weight excluding hydrogens is 398 g/mol. The third kappa shape index (κ3) is 6.07. The van der Waals surface area contributed by atoms with Crippen molar-refractivity contribution >= 4 is 17.7 Å². The minimum absolute atomic E-state index is 0.0539. The Labute approximate surface area is 181 Å². The highest BCUT2D eigenvalue weighted by molar-refractivity contribution is 5.98. The Bertz CT molecular complexity index is 918. The molecule has 0 bridgehead atoms. The minimum Gasteiger partial charge on any atom is -0.493 e. The Hall–Kier alpha value is -3.36. The van der Waals surface area contributed by atoms with Gasteiger partial charge in [0.05, 0.1) is 30.5 Å². The number of nitrogens with zero attached hydrogens (tertiary/aromatic N) is 3. The fourth-order valence-corrected chi connectivity index (χ4v) is 3.56. The molecule has 2 heterocycles. The van der Waals surface area contributed by atoms with Crippen molar-refractivity contribution < 1.29 is 19.1 Å². The van der Waals surface area contributed by atoms with Crippen LogP contribution in [-0.4, -0.2) is 65.2 Å². The summed E-state index contributed by atoms with van der Waals surface area (Å²) in [6.45, 7) is 4.05. The number of rotatable bonds is 8. The van der Waals surface area contributed by atoms with E-state index in [9.17, 15) is 14.4 Å². The number of piperidine rings is 1. The van der Waals surface area contributed by atoms with Crippen LogP contribution in [0.2, 0.25) is 0 Å². The molecule has 3 amide bonds. The van der Waals surface area contributed by atoms with Crippen molar-refractivity contribution in [2.45, 2.75) is 19.8 Å². The number of nitrogens with one attached hydrogen (secondary N) is 2. The molecule has 1 aliphatic rings. The van der Waals surface area contributed by atoms with E-state index in [4.69, 9.17) is 4.74 Å². The second kappa shape index (κ2) is 10.6. The molecule has 9 nitrogen and oxygen atoms in total. The molecule has 0 saturated carbocycles. The Morgan fingerprint density at radius 2 is 1.87 bits per heavy atom. The SMILES string of the molecule is CCOc1ccccc1C(=O)NCC(=O)N1CCC(CNC(=O)c2cnn(C)c2)CC1. The molecule has 31 heavy (non-hydrogen) atoms. The van der Waals surface area contributed by atoms with Crippen molar-refractivity contribution in [2.24, 2.45) is 13.0 Å². The number of amides is 3. The molecule has 1 aromatic carbocycles. The first-order chi connectivity index (χ1) is 15.0. The molecule has 1 aromatic heterocycles. The Balaban J connectivity index is 1.40. The summed E-state index contributed by atoms with van der Waals surface area (Å²) in [5.74, 6) is 0.244. The zero-order chi connectivity index (χ0) is 22.2. The maximum Gasteiger partial charge on any atom is 0.255 e. The summed E-state index contributed by atoms with van der Waals surface area (Å²) in [5.41, 5.74) is 0.956. The van der Waals surface area contributed by atoms with E-state index in [1.807, 2.05) is 6.92 Å². The predicted octanol–water partition coefficient (Wildman–Crippen LogP) is 1.22. The van der Waals surface area contributed by atoms with Crippen LogP contribution in [0, 0.1) is 5.92 Å². The van der Waals surface area contributed by atoms with E-state index in [1.165, 1.54) is 6.20 Å². The molecule has 166 valence electrons. The molecule has 1 saturated heterocycles. The molecule has 2 N–H and O–H groups in total. The van der Waals surface area contributed by atoms with Crippen LogP contribution < -0.4 is 15.4 Å². The van der Waals surface area contributed by atoms with Crippen LogP contribution in [0.3, 0.4) is 0 Å². The molecule has 1 aliphatic heterocycles. The van der Waals surface area contributed by atoms with Gasteiger partial charge in [-0.2, -0.15) is 5.10 Å². The standard InChI is InChI=1S/C22H29N5O4/c1-3-31-19-7-5-4-6-18(19)22(30)24-14-20(28)27-10-8-16(9-11-27)12-23-21(29)17-13-25-26(2)15-17/h4-7,13,15-16H,3,8-12,14H2,1-2H3,(H,23,29)(H,24,30). The number of hydrogen-bond acceptors (Lipinski definition) is 5. The number of aromatic nitrogens is 2. The third-order valence-corrected chi connectivity index (χ3v) is 5.32. The van der Waals surface area contributed by atoms with E-state index in [0.717, 1.165) is 12.8 Å². The van der Waals surface area contributed by atoms with Crippen LogP contribution >= 0.6 is 0 Å². The number of carbonyl (C=O) groups excluding carboxylic acids is 3. The van der Waals surface area contributed by atoms with Crippen molar-refractivity contribution in [3.8, 4) is 5.75 Å². The van der Waals surface area contributed by atoms with Crippen LogP contribution in [-0.2, 0) is 11.8 Å². The van der Waals surface area contributed by atoms with E-state index >= 15 is 0 Å². The minimum atomic E-state index is -0.328. The van der Waals surface area contributed by atoms with Crippen LogP contribution in [0.15, 0.2) is 36.7 Å². The van der Waals surface area contributed by atoms with E-state index < -0.39 is 0 Å². The van der Waals surface area contributed by atoms with Crippen LogP contribution in [0.5, 0.6) is 5.75 Å². The van der Waals surface area contributed by atoms with Crippen molar-refractivity contribution in [3.63, 3.8) is 0 Å². The molecule has 0 radical (unpaired) electrons. The maximum atomic E-state index is 12.5. The van der Waals surface area contributed by atoms with Gasteiger partial charge in [0, 0.05) is 32.9 Å². The number of ether oxygens (including phenoxy) is 1. The number of carbonyl (C=O) groups is 3. The van der Waals surface area contributed by atoms with Gasteiger partial charge in [-0.1, -0.05) is 12.1 Å². The molecule has 2 aromatic rings. The van der Waals surface area contributed by atoms with E-state index in [1.54, 1.807) is 47.1 Å². The molecule has 0 unspecified atom stereocenters. The first-order valence-corrected chi connectivity index (χ1v) is 10.5. The average Bonchev–Trinajstić information content (AvgIpc) is 3.23. The maximum absolute atomic E-state index is 12.5. The number of aryl methyl sites for hydroxylation is 1. The highest BCUT2D eigenvalue weighted by Gasteiger charge is 2.24. The second-order valence-corrected chi connectivity index (χ2v) is 7.55. The highest BCUT2D eigenvalue weighted by Crippen LogP contribution is 2.18. The highest BCUT2D eigenvalue weighted by atomic mass is 16.5. The van der Waals surface area contributed by atoms with E-state index in [2.05, 4.69) is 15.7 Å². The number of likely N-dealkylation sites (tertiary alicyclic amines) is 1. The van der Waals surface area contributed by atoms with E-state index in [-0.39, 0.29) is 24.3 Å². The Morgan fingerprint density at radius 1 is 1.13 bits per heavy atom. The first-order valence-electron chi connectivity index (χ1n) is 10.5. The van der Waals surface area contributed by atoms with Crippen LogP contribution in [0.4, 0.5) is 0 Å². The quantitative estimate of drug-likeness (QED) is 0.659. The van der Waals surface area contributed by atoms with Gasteiger partial charge in [-0.3, -0.25) is 19.1 Å². The molecule has 1 fully saturated rings. The molecule has 9 heteroatoms. The second-order valence-electron chi connectivity index (χ2n) is 7.55. The molecule has 3 rings (SSSR count). The van der Waals surface area contributed by atoms with Gasteiger partial charge >= 0.3 is 0 Å². The summed E-state index contributed by atoms with van der Waals surface area (Å²) in [5, 5.41) is 9.63. The lowest BCUT2D eigenvalue weighted by Gasteiger charge is -2.32. The Kier molecular flexibility index (Phi) is 7.64. The summed E-state index contributed by atoms with van der Waals surface area (Å²) >= 11 is 0. The molecule has 0 spiro atoms. The molecule has 0 atom stereocenters. The lowest BCUT2D eigenvalue weighted by atomic mass is 9.96. The summed E-state index contributed by atoms with van der Waals surface area (Å²) in [6, 6.07) is 6.97. The smallest absolute Gasteiger partial charge is 0.255 e. The van der Waals surface area contributed by atoms with Crippen LogP contribution in [0.25, 0.3) is 0 Å². The van der Waals surface area contributed by atoms with E-state index in [0.29, 0.717) is 49.0 Å². The van der Waals surface area contributed by atoms with Crippen molar-refractivity contribution in [3.05, 3.63) is 47.8 Å². The lowest BCUT2D eigenvalue weighted by Crippen LogP contribution is -2.45. The zero-order valence-electron chi connectivity index (χ0n) is 18.0. The van der Waals surface area contributed by atoms with Gasteiger partial charge in [0.25, 0.3) is 11.8 Å². The normalized spacial score (nSPS) is 14.2. The first kappa shape index (κ1) is 22.3. The average molecular weight is 428 g/mol. The summed E-state index contributed by atoms with van der Waals surface area (Å²) in [7, 11) is 1.77. The topological polar surface area (TPSA) is 106 Å².